The third-order valence-corrected chi connectivity index (χ3v) is 3.66. The predicted octanol–water partition coefficient (Wildman–Crippen LogP) is 2.64. The number of fused-ring (bicyclic) bond motifs is 1. The smallest absolute Gasteiger partial charge is 0.284 e. The molecule has 2 aromatic rings. The second kappa shape index (κ2) is 7.23. The average Bonchev–Trinajstić information content (AvgIpc) is 2.61. The van der Waals surface area contributed by atoms with Gasteiger partial charge < -0.3 is 14.2 Å². The summed E-state index contributed by atoms with van der Waals surface area (Å²) >= 11 is 6.03. The standard InChI is InChI=1S/C17H15ClN2O4/c1-22-13-7-6-11(8-12(13)18)9-19-20-17(21)16-10-23-14-4-2-3-5-15(14)24-16/h2-9,16H,10H2,1H3,(H,20,21)/t16-/m0/s1. The lowest BCUT2D eigenvalue weighted by Gasteiger charge is -2.24. The maximum Gasteiger partial charge on any atom is 0.284 e. The van der Waals surface area contributed by atoms with Gasteiger partial charge in [0.15, 0.2) is 11.5 Å². The Morgan fingerprint density at radius 1 is 1.33 bits per heavy atom. The average molecular weight is 347 g/mol. The second-order valence-corrected chi connectivity index (χ2v) is 5.40. The number of hydrogen-bond donors (Lipinski definition) is 1. The minimum Gasteiger partial charge on any atom is -0.495 e. The van der Waals surface area contributed by atoms with Crippen LogP contribution in [0.25, 0.3) is 0 Å². The third kappa shape index (κ3) is 3.60. The summed E-state index contributed by atoms with van der Waals surface area (Å²) in [4.78, 5) is 12.1. The molecule has 0 aromatic heterocycles. The number of benzene rings is 2. The van der Waals surface area contributed by atoms with Gasteiger partial charge in [-0.3, -0.25) is 4.79 Å². The molecule has 0 radical (unpaired) electrons. The van der Waals surface area contributed by atoms with Gasteiger partial charge in [0, 0.05) is 0 Å². The first-order chi connectivity index (χ1) is 11.7. The molecule has 24 heavy (non-hydrogen) atoms. The number of rotatable bonds is 4. The molecule has 1 atom stereocenters. The van der Waals surface area contributed by atoms with Crippen molar-refractivity contribution in [3.63, 3.8) is 0 Å². The first-order valence-corrected chi connectivity index (χ1v) is 7.60. The number of carbonyl (C=O) groups is 1. The number of carbonyl (C=O) groups excluding carboxylic acids is 1. The molecular weight excluding hydrogens is 332 g/mol. The Kier molecular flexibility index (Phi) is 4.86. The van der Waals surface area contributed by atoms with E-state index in [-0.39, 0.29) is 12.5 Å². The van der Waals surface area contributed by atoms with Crippen LogP contribution in [0.4, 0.5) is 0 Å². The molecule has 0 unspecified atom stereocenters. The largest absolute Gasteiger partial charge is 0.495 e. The molecule has 124 valence electrons. The van der Waals surface area contributed by atoms with Crippen molar-refractivity contribution in [2.24, 2.45) is 5.10 Å². The maximum atomic E-state index is 12.1. The molecule has 0 saturated heterocycles. The molecule has 0 aliphatic carbocycles. The third-order valence-electron chi connectivity index (χ3n) is 3.37. The Balaban J connectivity index is 1.59. The summed E-state index contributed by atoms with van der Waals surface area (Å²) in [7, 11) is 1.54. The quantitative estimate of drug-likeness (QED) is 0.682. The Morgan fingerprint density at radius 3 is 2.88 bits per heavy atom. The fourth-order valence-corrected chi connectivity index (χ4v) is 2.42. The van der Waals surface area contributed by atoms with Crippen LogP contribution in [-0.2, 0) is 4.79 Å². The highest BCUT2D eigenvalue weighted by atomic mass is 35.5. The van der Waals surface area contributed by atoms with Gasteiger partial charge in [-0.2, -0.15) is 5.10 Å². The summed E-state index contributed by atoms with van der Waals surface area (Å²) in [6.07, 6.45) is 0.734. The zero-order valence-electron chi connectivity index (χ0n) is 12.9. The van der Waals surface area contributed by atoms with Crippen molar-refractivity contribution < 1.29 is 19.0 Å². The van der Waals surface area contributed by atoms with E-state index in [2.05, 4.69) is 10.5 Å². The zero-order chi connectivity index (χ0) is 16.9. The topological polar surface area (TPSA) is 69.2 Å². The van der Waals surface area contributed by atoms with Crippen LogP contribution >= 0.6 is 11.6 Å². The molecular formula is C17H15ClN2O4. The SMILES string of the molecule is COc1ccc(C=NNC(=O)[C@@H]2COc3ccccc3O2)cc1Cl. The second-order valence-electron chi connectivity index (χ2n) is 4.99. The number of nitrogens with zero attached hydrogens (tertiary/aromatic N) is 1. The molecule has 1 heterocycles. The number of amides is 1. The van der Waals surface area contributed by atoms with Crippen LogP contribution in [0.2, 0.25) is 5.02 Å². The van der Waals surface area contributed by atoms with Crippen molar-refractivity contribution >= 4 is 23.7 Å². The lowest BCUT2D eigenvalue weighted by atomic mass is 10.2. The molecule has 3 rings (SSSR count). The summed E-state index contributed by atoms with van der Waals surface area (Å²) in [5, 5.41) is 4.38. The van der Waals surface area contributed by atoms with Crippen molar-refractivity contribution in [1.29, 1.82) is 0 Å². The molecule has 0 saturated carbocycles. The highest BCUT2D eigenvalue weighted by Crippen LogP contribution is 2.30. The number of methoxy groups -OCH3 is 1. The molecule has 0 fully saturated rings. The summed E-state index contributed by atoms with van der Waals surface area (Å²) < 4.78 is 16.2. The van der Waals surface area contributed by atoms with E-state index >= 15 is 0 Å². The van der Waals surface area contributed by atoms with Crippen molar-refractivity contribution in [1.82, 2.24) is 5.43 Å². The summed E-state index contributed by atoms with van der Waals surface area (Å²) in [6, 6.07) is 12.4. The van der Waals surface area contributed by atoms with Gasteiger partial charge >= 0.3 is 0 Å². The number of para-hydroxylation sites is 2. The van der Waals surface area contributed by atoms with Gasteiger partial charge in [-0.1, -0.05) is 23.7 Å². The van der Waals surface area contributed by atoms with Crippen LogP contribution < -0.4 is 19.6 Å². The van der Waals surface area contributed by atoms with Gasteiger partial charge in [-0.25, -0.2) is 5.43 Å². The van der Waals surface area contributed by atoms with E-state index in [4.69, 9.17) is 25.8 Å². The van der Waals surface area contributed by atoms with E-state index in [1.807, 2.05) is 12.1 Å². The van der Waals surface area contributed by atoms with E-state index in [0.29, 0.717) is 22.3 Å². The van der Waals surface area contributed by atoms with E-state index < -0.39 is 6.10 Å². The molecule has 7 heteroatoms. The lowest BCUT2D eigenvalue weighted by Crippen LogP contribution is -2.42. The van der Waals surface area contributed by atoms with Crippen LogP contribution in [0.15, 0.2) is 47.6 Å². The highest BCUT2D eigenvalue weighted by molar-refractivity contribution is 6.32. The molecule has 2 aromatic carbocycles. The molecule has 0 spiro atoms. The maximum absolute atomic E-state index is 12.1. The van der Waals surface area contributed by atoms with Gasteiger partial charge in [0.1, 0.15) is 12.4 Å². The number of hydrogen-bond acceptors (Lipinski definition) is 5. The van der Waals surface area contributed by atoms with E-state index in [0.717, 1.165) is 5.56 Å². The fraction of sp³-hybridized carbons (Fsp3) is 0.176. The van der Waals surface area contributed by atoms with Gasteiger partial charge in [-0.05, 0) is 35.9 Å². The van der Waals surface area contributed by atoms with Gasteiger partial charge in [-0.15, -0.1) is 0 Å². The van der Waals surface area contributed by atoms with Crippen molar-refractivity contribution in [2.45, 2.75) is 6.10 Å². The zero-order valence-corrected chi connectivity index (χ0v) is 13.6. The van der Waals surface area contributed by atoms with Gasteiger partial charge in [0.25, 0.3) is 5.91 Å². The van der Waals surface area contributed by atoms with Crippen LogP contribution in [-0.4, -0.2) is 31.9 Å². The van der Waals surface area contributed by atoms with Crippen LogP contribution in [0.3, 0.4) is 0 Å². The van der Waals surface area contributed by atoms with Crippen molar-refractivity contribution in [2.75, 3.05) is 13.7 Å². The monoisotopic (exact) mass is 346 g/mol. The number of hydrazone groups is 1. The van der Waals surface area contributed by atoms with E-state index in [9.17, 15) is 4.79 Å². The molecule has 0 bridgehead atoms. The highest BCUT2D eigenvalue weighted by Gasteiger charge is 2.26. The van der Waals surface area contributed by atoms with Gasteiger partial charge in [0.05, 0.1) is 18.3 Å². The van der Waals surface area contributed by atoms with Crippen LogP contribution in [0.5, 0.6) is 17.2 Å². The molecule has 1 aliphatic heterocycles. The fourth-order valence-electron chi connectivity index (χ4n) is 2.15. The van der Waals surface area contributed by atoms with E-state index in [1.54, 1.807) is 37.4 Å². The summed E-state index contributed by atoms with van der Waals surface area (Å²) in [5.41, 5.74) is 3.16. The predicted molar refractivity (Wildman–Crippen MR) is 90.1 cm³/mol. The summed E-state index contributed by atoms with van der Waals surface area (Å²) in [5.74, 6) is 1.34. The normalized spacial score (nSPS) is 16.0. The Labute approximate surface area is 144 Å². The molecule has 6 nitrogen and oxygen atoms in total. The van der Waals surface area contributed by atoms with E-state index in [1.165, 1.54) is 6.21 Å². The Bertz CT molecular complexity index is 779. The summed E-state index contributed by atoms with van der Waals surface area (Å²) in [6.45, 7) is 0.132. The first kappa shape index (κ1) is 16.1. The van der Waals surface area contributed by atoms with Gasteiger partial charge in [0.2, 0.25) is 6.10 Å². The molecule has 1 amide bonds. The lowest BCUT2D eigenvalue weighted by molar-refractivity contribution is -0.130. The number of ether oxygens (including phenoxy) is 3. The van der Waals surface area contributed by atoms with Crippen LogP contribution in [0.1, 0.15) is 5.56 Å². The van der Waals surface area contributed by atoms with Crippen molar-refractivity contribution in [3.05, 3.63) is 53.1 Å². The minimum atomic E-state index is -0.753. The number of nitrogens with one attached hydrogen (secondary N) is 1. The molecule has 1 N–H and O–H groups in total. The molecule has 1 aliphatic rings. The van der Waals surface area contributed by atoms with Crippen molar-refractivity contribution in [3.8, 4) is 17.2 Å². The Morgan fingerprint density at radius 2 is 2.12 bits per heavy atom. The Hall–Kier alpha value is -2.73. The minimum absolute atomic E-state index is 0.132. The number of halogens is 1. The first-order valence-electron chi connectivity index (χ1n) is 7.22. The van der Waals surface area contributed by atoms with Crippen LogP contribution in [0, 0.1) is 0 Å².